The molecule has 2 aliphatic rings. The fourth-order valence-corrected chi connectivity index (χ4v) is 5.04. The molecule has 0 aliphatic heterocycles. The third-order valence-corrected chi connectivity index (χ3v) is 7.10. The van der Waals surface area contributed by atoms with E-state index >= 15 is 0 Å². The van der Waals surface area contributed by atoms with Crippen LogP contribution in [0, 0.1) is 23.7 Å². The molecular weight excluding hydrogens is 473 g/mol. The van der Waals surface area contributed by atoms with Crippen molar-refractivity contribution in [3.05, 3.63) is 59.2 Å². The van der Waals surface area contributed by atoms with Gasteiger partial charge in [0.15, 0.2) is 0 Å². The van der Waals surface area contributed by atoms with Crippen molar-refractivity contribution in [2.45, 2.75) is 45.2 Å². The second-order valence-electron chi connectivity index (χ2n) is 9.57. The minimum absolute atomic E-state index is 0.117. The Bertz CT molecular complexity index is 993. The highest BCUT2D eigenvalue weighted by molar-refractivity contribution is 5.96. The van der Waals surface area contributed by atoms with Crippen molar-refractivity contribution in [2.75, 3.05) is 20.2 Å². The van der Waals surface area contributed by atoms with Gasteiger partial charge in [-0.2, -0.15) is 13.2 Å². The van der Waals surface area contributed by atoms with Crippen molar-refractivity contribution in [1.29, 1.82) is 0 Å². The second-order valence-corrected chi connectivity index (χ2v) is 9.57. The van der Waals surface area contributed by atoms with Crippen molar-refractivity contribution in [3.8, 4) is 0 Å². The summed E-state index contributed by atoms with van der Waals surface area (Å²) >= 11 is 0. The maximum Gasteiger partial charge on any atom is 0.416 e. The Labute approximate surface area is 209 Å². The molecule has 1 aromatic rings. The first-order chi connectivity index (χ1) is 17.1. The lowest BCUT2D eigenvalue weighted by Crippen LogP contribution is -2.35. The second kappa shape index (κ2) is 12.2. The van der Waals surface area contributed by atoms with Crippen LogP contribution in [-0.2, 0) is 20.5 Å². The number of alkyl halides is 3. The maximum atomic E-state index is 12.6. The van der Waals surface area contributed by atoms with Crippen molar-refractivity contribution >= 4 is 17.8 Å². The Morgan fingerprint density at radius 3 is 2.14 bits per heavy atom. The molecule has 3 rings (SSSR count). The first-order valence-corrected chi connectivity index (χ1v) is 12.3. The van der Waals surface area contributed by atoms with Crippen molar-refractivity contribution in [1.82, 2.24) is 10.6 Å². The van der Waals surface area contributed by atoms with Crippen LogP contribution in [0.15, 0.2) is 48.1 Å². The van der Waals surface area contributed by atoms with E-state index in [0.29, 0.717) is 29.7 Å². The van der Waals surface area contributed by atoms with Crippen LogP contribution in [0.2, 0.25) is 0 Å². The summed E-state index contributed by atoms with van der Waals surface area (Å²) in [6, 6.07) is 3.97. The molecule has 196 valence electrons. The zero-order valence-electron chi connectivity index (χ0n) is 20.6. The van der Waals surface area contributed by atoms with Gasteiger partial charge in [-0.15, -0.1) is 0 Å². The largest absolute Gasteiger partial charge is 0.469 e. The molecule has 2 N–H and O–H groups in total. The minimum Gasteiger partial charge on any atom is -0.469 e. The number of rotatable bonds is 8. The summed E-state index contributed by atoms with van der Waals surface area (Å²) in [7, 11) is 1.42. The molecule has 0 radical (unpaired) electrons. The molecule has 6 nitrogen and oxygen atoms in total. The van der Waals surface area contributed by atoms with Gasteiger partial charge in [0.25, 0.3) is 11.8 Å². The van der Waals surface area contributed by atoms with E-state index in [4.69, 9.17) is 4.74 Å². The van der Waals surface area contributed by atoms with Crippen molar-refractivity contribution in [2.24, 2.45) is 23.7 Å². The SMILES string of the molecule is COC(=O)CC1CCC(C2C=CC(C(=O)NCCNC(=O)c3ccc(C(F)(F)F)cc3)=CC2C)CC1. The highest BCUT2D eigenvalue weighted by Gasteiger charge is 2.32. The summed E-state index contributed by atoms with van der Waals surface area (Å²) < 4.78 is 42.7. The molecule has 0 saturated heterocycles. The predicted octanol–water partition coefficient (Wildman–Crippen LogP) is 4.67. The van der Waals surface area contributed by atoms with Gasteiger partial charge in [0, 0.05) is 30.6 Å². The number of halogens is 3. The Morgan fingerprint density at radius 2 is 1.58 bits per heavy atom. The molecular formula is C27H33F3N2O4. The van der Waals surface area contributed by atoms with E-state index in [2.05, 4.69) is 23.6 Å². The van der Waals surface area contributed by atoms with Gasteiger partial charge in [0.1, 0.15) is 0 Å². The molecule has 2 unspecified atom stereocenters. The Balaban J connectivity index is 1.40. The summed E-state index contributed by atoms with van der Waals surface area (Å²) in [5, 5.41) is 5.36. The number of ether oxygens (including phenoxy) is 1. The summed E-state index contributed by atoms with van der Waals surface area (Å²) in [5.74, 6) is 0.567. The molecule has 9 heteroatoms. The number of nitrogens with one attached hydrogen (secondary N) is 2. The average molecular weight is 507 g/mol. The average Bonchev–Trinajstić information content (AvgIpc) is 2.86. The Morgan fingerprint density at radius 1 is 0.972 bits per heavy atom. The standard InChI is InChI=1S/C27H33F3N2O4/c1-17-15-21(9-12-23(17)19-5-3-18(4-6-19)16-24(33)36-2)26(35)32-14-13-31-25(34)20-7-10-22(11-8-20)27(28,29)30/h7-12,15,17-19,23H,3-6,13-14,16H2,1-2H3,(H,31,34)(H,32,35). The summed E-state index contributed by atoms with van der Waals surface area (Å²) in [5.41, 5.74) is -0.124. The van der Waals surface area contributed by atoms with Crippen LogP contribution < -0.4 is 10.6 Å². The van der Waals surface area contributed by atoms with Gasteiger partial charge in [-0.1, -0.05) is 25.2 Å². The zero-order chi connectivity index (χ0) is 26.3. The van der Waals surface area contributed by atoms with Crippen LogP contribution in [0.3, 0.4) is 0 Å². The van der Waals surface area contributed by atoms with E-state index in [1.54, 1.807) is 0 Å². The van der Waals surface area contributed by atoms with Gasteiger partial charge in [-0.05, 0) is 73.6 Å². The monoisotopic (exact) mass is 506 g/mol. The molecule has 1 aromatic carbocycles. The van der Waals surface area contributed by atoms with Crippen LogP contribution >= 0.6 is 0 Å². The molecule has 2 aliphatic carbocycles. The van der Waals surface area contributed by atoms with Gasteiger partial charge < -0.3 is 15.4 Å². The van der Waals surface area contributed by atoms with E-state index in [1.807, 2.05) is 12.2 Å². The number of benzene rings is 1. The highest BCUT2D eigenvalue weighted by atomic mass is 19.4. The number of esters is 1. The van der Waals surface area contributed by atoms with E-state index in [-0.39, 0.29) is 36.4 Å². The normalized spacial score (nSPS) is 24.0. The zero-order valence-corrected chi connectivity index (χ0v) is 20.6. The third kappa shape index (κ3) is 7.45. The Hall–Kier alpha value is -3.10. The van der Waals surface area contributed by atoms with E-state index in [1.165, 1.54) is 7.11 Å². The molecule has 0 aromatic heterocycles. The summed E-state index contributed by atoms with van der Waals surface area (Å²) in [6.45, 7) is 2.44. The molecule has 2 amide bonds. The van der Waals surface area contributed by atoms with Crippen molar-refractivity contribution < 1.29 is 32.3 Å². The summed E-state index contributed by atoms with van der Waals surface area (Å²) in [4.78, 5) is 36.2. The van der Waals surface area contributed by atoms with E-state index in [9.17, 15) is 27.6 Å². The van der Waals surface area contributed by atoms with E-state index in [0.717, 1.165) is 49.9 Å². The van der Waals surface area contributed by atoms with Gasteiger partial charge in [0.05, 0.1) is 12.7 Å². The number of hydrogen-bond acceptors (Lipinski definition) is 4. The van der Waals surface area contributed by atoms with Crippen LogP contribution in [0.5, 0.6) is 0 Å². The molecule has 1 saturated carbocycles. The Kier molecular flexibility index (Phi) is 9.34. The lowest BCUT2D eigenvalue weighted by molar-refractivity contribution is -0.142. The number of amides is 2. The quantitative estimate of drug-likeness (QED) is 0.397. The van der Waals surface area contributed by atoms with Crippen LogP contribution in [0.4, 0.5) is 13.2 Å². The molecule has 0 heterocycles. The van der Waals surface area contributed by atoms with Gasteiger partial charge in [0.2, 0.25) is 0 Å². The number of carbonyl (C=O) groups is 3. The lowest BCUT2D eigenvalue weighted by Gasteiger charge is -2.36. The summed E-state index contributed by atoms with van der Waals surface area (Å²) in [6.07, 6.45) is 6.07. The highest BCUT2D eigenvalue weighted by Crippen LogP contribution is 2.40. The fraction of sp³-hybridized carbons (Fsp3) is 0.519. The van der Waals surface area contributed by atoms with Crippen LogP contribution in [-0.4, -0.2) is 38.0 Å². The fourth-order valence-electron chi connectivity index (χ4n) is 5.04. The topological polar surface area (TPSA) is 84.5 Å². The van der Waals surface area contributed by atoms with Crippen LogP contribution in [0.1, 0.15) is 54.9 Å². The van der Waals surface area contributed by atoms with Crippen LogP contribution in [0.25, 0.3) is 0 Å². The number of carbonyl (C=O) groups excluding carboxylic acids is 3. The van der Waals surface area contributed by atoms with Gasteiger partial charge >= 0.3 is 12.1 Å². The molecule has 0 bridgehead atoms. The third-order valence-electron chi connectivity index (χ3n) is 7.10. The van der Waals surface area contributed by atoms with Crippen molar-refractivity contribution in [3.63, 3.8) is 0 Å². The number of hydrogen-bond donors (Lipinski definition) is 2. The smallest absolute Gasteiger partial charge is 0.416 e. The molecule has 36 heavy (non-hydrogen) atoms. The number of allylic oxidation sites excluding steroid dienone is 2. The predicted molar refractivity (Wildman–Crippen MR) is 129 cm³/mol. The van der Waals surface area contributed by atoms with Gasteiger partial charge in [-0.3, -0.25) is 14.4 Å². The van der Waals surface area contributed by atoms with Gasteiger partial charge in [-0.25, -0.2) is 0 Å². The molecule has 0 spiro atoms. The molecule has 2 atom stereocenters. The maximum absolute atomic E-state index is 12.6. The number of methoxy groups -OCH3 is 1. The van der Waals surface area contributed by atoms with E-state index < -0.39 is 17.6 Å². The minimum atomic E-state index is -4.45. The lowest BCUT2D eigenvalue weighted by atomic mass is 9.69. The first kappa shape index (κ1) is 27.5. The first-order valence-electron chi connectivity index (χ1n) is 12.3. The molecule has 1 fully saturated rings.